The standard InChI is InChI=1S/C17H14ClF2NO4/c1-9-5-14(15(24-2)7-12(9)18)21-16(22)8-25-17(23)11-4-3-10(19)6-13(11)20/h3-7H,8H2,1-2H3,(H,21,22). The minimum atomic E-state index is -1.08. The predicted octanol–water partition coefficient (Wildman–Crippen LogP) is 3.73. The minimum Gasteiger partial charge on any atom is -0.495 e. The lowest BCUT2D eigenvalue weighted by atomic mass is 10.2. The second-order valence-electron chi connectivity index (χ2n) is 5.05. The molecule has 0 aromatic heterocycles. The summed E-state index contributed by atoms with van der Waals surface area (Å²) in [5, 5.41) is 2.97. The van der Waals surface area contributed by atoms with Crippen LogP contribution in [-0.4, -0.2) is 25.6 Å². The summed E-state index contributed by atoms with van der Waals surface area (Å²) in [5.74, 6) is -3.29. The zero-order valence-electron chi connectivity index (χ0n) is 13.4. The maximum Gasteiger partial charge on any atom is 0.341 e. The van der Waals surface area contributed by atoms with Crippen molar-refractivity contribution in [3.8, 4) is 5.75 Å². The van der Waals surface area contributed by atoms with Crippen LogP contribution < -0.4 is 10.1 Å². The zero-order chi connectivity index (χ0) is 18.6. The van der Waals surface area contributed by atoms with Gasteiger partial charge in [-0.05, 0) is 30.7 Å². The zero-order valence-corrected chi connectivity index (χ0v) is 14.1. The molecule has 2 rings (SSSR count). The summed E-state index contributed by atoms with van der Waals surface area (Å²) < 4.78 is 36.1. The highest BCUT2D eigenvalue weighted by molar-refractivity contribution is 6.31. The Morgan fingerprint density at radius 1 is 1.20 bits per heavy atom. The first kappa shape index (κ1) is 18.7. The number of nitrogens with one attached hydrogen (secondary N) is 1. The van der Waals surface area contributed by atoms with E-state index in [0.717, 1.165) is 12.1 Å². The average Bonchev–Trinajstić information content (AvgIpc) is 2.55. The van der Waals surface area contributed by atoms with E-state index in [1.807, 2.05) is 0 Å². The lowest BCUT2D eigenvalue weighted by molar-refractivity contribution is -0.119. The van der Waals surface area contributed by atoms with Crippen LogP contribution in [0.2, 0.25) is 5.02 Å². The molecule has 0 bridgehead atoms. The maximum atomic E-state index is 13.5. The SMILES string of the molecule is COc1cc(Cl)c(C)cc1NC(=O)COC(=O)c1ccc(F)cc1F. The molecule has 0 saturated heterocycles. The number of amides is 1. The summed E-state index contributed by atoms with van der Waals surface area (Å²) in [6, 6.07) is 5.54. The molecule has 0 spiro atoms. The van der Waals surface area contributed by atoms with Gasteiger partial charge in [0.25, 0.3) is 5.91 Å². The molecule has 0 unspecified atom stereocenters. The first-order valence-corrected chi connectivity index (χ1v) is 7.45. The third-order valence-corrected chi connectivity index (χ3v) is 3.65. The third kappa shape index (κ3) is 4.67. The van der Waals surface area contributed by atoms with Crippen molar-refractivity contribution in [1.29, 1.82) is 0 Å². The molecule has 0 saturated carbocycles. The summed E-state index contributed by atoms with van der Waals surface area (Å²) in [6.45, 7) is 1.09. The maximum absolute atomic E-state index is 13.5. The second kappa shape index (κ2) is 7.94. The van der Waals surface area contributed by atoms with Crippen molar-refractivity contribution < 1.29 is 27.8 Å². The molecular weight excluding hydrogens is 356 g/mol. The van der Waals surface area contributed by atoms with Gasteiger partial charge in [0.15, 0.2) is 6.61 Å². The molecule has 1 amide bonds. The number of carbonyl (C=O) groups is 2. The van der Waals surface area contributed by atoms with E-state index in [4.69, 9.17) is 21.1 Å². The highest BCUT2D eigenvalue weighted by atomic mass is 35.5. The number of halogens is 3. The lowest BCUT2D eigenvalue weighted by Crippen LogP contribution is -2.21. The van der Waals surface area contributed by atoms with Gasteiger partial charge >= 0.3 is 5.97 Å². The number of hydrogen-bond acceptors (Lipinski definition) is 4. The monoisotopic (exact) mass is 369 g/mol. The van der Waals surface area contributed by atoms with Crippen molar-refractivity contribution in [1.82, 2.24) is 0 Å². The Balaban J connectivity index is 2.01. The van der Waals surface area contributed by atoms with Gasteiger partial charge in [0.1, 0.15) is 17.4 Å². The van der Waals surface area contributed by atoms with E-state index in [-0.39, 0.29) is 0 Å². The van der Waals surface area contributed by atoms with Gasteiger partial charge in [-0.15, -0.1) is 0 Å². The van der Waals surface area contributed by atoms with Crippen LogP contribution in [0.1, 0.15) is 15.9 Å². The summed E-state index contributed by atoms with van der Waals surface area (Å²) in [5.41, 5.74) is 0.593. The molecular formula is C17H14ClF2NO4. The van der Waals surface area contributed by atoms with Crippen LogP contribution in [0.4, 0.5) is 14.5 Å². The van der Waals surface area contributed by atoms with Crippen LogP contribution in [0.15, 0.2) is 30.3 Å². The molecule has 0 atom stereocenters. The molecule has 0 fully saturated rings. The van der Waals surface area contributed by atoms with Crippen molar-refractivity contribution in [2.75, 3.05) is 19.0 Å². The van der Waals surface area contributed by atoms with E-state index in [0.29, 0.717) is 28.1 Å². The normalized spacial score (nSPS) is 10.3. The Bertz CT molecular complexity index is 827. The Kier molecular flexibility index (Phi) is 5.93. The smallest absolute Gasteiger partial charge is 0.341 e. The highest BCUT2D eigenvalue weighted by Crippen LogP contribution is 2.30. The Labute approximate surface area is 147 Å². The van der Waals surface area contributed by atoms with Gasteiger partial charge < -0.3 is 14.8 Å². The fourth-order valence-electron chi connectivity index (χ4n) is 1.98. The van der Waals surface area contributed by atoms with Crippen LogP contribution >= 0.6 is 11.6 Å². The molecule has 0 heterocycles. The largest absolute Gasteiger partial charge is 0.495 e. The molecule has 2 aromatic rings. The fraction of sp³-hybridized carbons (Fsp3) is 0.176. The Morgan fingerprint density at radius 2 is 1.92 bits per heavy atom. The van der Waals surface area contributed by atoms with Gasteiger partial charge in [0.05, 0.1) is 18.4 Å². The van der Waals surface area contributed by atoms with Crippen LogP contribution in [0, 0.1) is 18.6 Å². The van der Waals surface area contributed by atoms with Crippen LogP contribution in [0.5, 0.6) is 5.75 Å². The van der Waals surface area contributed by atoms with Crippen molar-refractivity contribution in [3.63, 3.8) is 0 Å². The first-order chi connectivity index (χ1) is 11.8. The number of esters is 1. The number of carbonyl (C=O) groups excluding carboxylic acids is 2. The van der Waals surface area contributed by atoms with Crippen LogP contribution in [-0.2, 0) is 9.53 Å². The second-order valence-corrected chi connectivity index (χ2v) is 5.46. The Hall–Kier alpha value is -2.67. The van der Waals surface area contributed by atoms with Crippen molar-refractivity contribution >= 4 is 29.2 Å². The minimum absolute atomic E-state index is 0.333. The quantitative estimate of drug-likeness (QED) is 0.816. The number of anilines is 1. The number of aryl methyl sites for hydroxylation is 1. The van der Waals surface area contributed by atoms with Crippen LogP contribution in [0.3, 0.4) is 0 Å². The number of methoxy groups -OCH3 is 1. The highest BCUT2D eigenvalue weighted by Gasteiger charge is 2.16. The number of rotatable bonds is 5. The molecule has 0 radical (unpaired) electrons. The van der Waals surface area contributed by atoms with E-state index < -0.39 is 35.7 Å². The van der Waals surface area contributed by atoms with E-state index in [1.165, 1.54) is 13.2 Å². The van der Waals surface area contributed by atoms with Crippen molar-refractivity contribution in [2.45, 2.75) is 6.92 Å². The molecule has 0 aliphatic carbocycles. The molecule has 132 valence electrons. The molecule has 5 nitrogen and oxygen atoms in total. The van der Waals surface area contributed by atoms with Gasteiger partial charge in [-0.25, -0.2) is 13.6 Å². The fourth-order valence-corrected chi connectivity index (χ4v) is 2.13. The predicted molar refractivity (Wildman–Crippen MR) is 88.0 cm³/mol. The summed E-state index contributed by atoms with van der Waals surface area (Å²) in [7, 11) is 1.41. The van der Waals surface area contributed by atoms with E-state index >= 15 is 0 Å². The summed E-state index contributed by atoms with van der Waals surface area (Å²) >= 11 is 5.97. The van der Waals surface area contributed by atoms with Gasteiger partial charge in [-0.2, -0.15) is 0 Å². The molecule has 8 heteroatoms. The molecule has 2 aromatic carbocycles. The molecule has 0 aliphatic rings. The van der Waals surface area contributed by atoms with E-state index in [9.17, 15) is 18.4 Å². The van der Waals surface area contributed by atoms with Gasteiger partial charge in [-0.1, -0.05) is 11.6 Å². The van der Waals surface area contributed by atoms with Crippen molar-refractivity contribution in [2.24, 2.45) is 0 Å². The molecule has 25 heavy (non-hydrogen) atoms. The first-order valence-electron chi connectivity index (χ1n) is 7.08. The topological polar surface area (TPSA) is 64.6 Å². The molecule has 0 aliphatic heterocycles. The number of benzene rings is 2. The van der Waals surface area contributed by atoms with Crippen LogP contribution in [0.25, 0.3) is 0 Å². The summed E-state index contributed by atoms with van der Waals surface area (Å²) in [4.78, 5) is 23.7. The van der Waals surface area contributed by atoms with Gasteiger partial charge in [-0.3, -0.25) is 4.79 Å². The third-order valence-electron chi connectivity index (χ3n) is 3.24. The summed E-state index contributed by atoms with van der Waals surface area (Å²) in [6.07, 6.45) is 0. The van der Waals surface area contributed by atoms with Gasteiger partial charge in [0.2, 0.25) is 0 Å². The van der Waals surface area contributed by atoms with E-state index in [1.54, 1.807) is 13.0 Å². The molecule has 1 N–H and O–H groups in total. The average molecular weight is 370 g/mol. The number of ether oxygens (including phenoxy) is 2. The van der Waals surface area contributed by atoms with E-state index in [2.05, 4.69) is 5.32 Å². The van der Waals surface area contributed by atoms with Crippen molar-refractivity contribution in [3.05, 3.63) is 58.1 Å². The number of hydrogen-bond donors (Lipinski definition) is 1. The Morgan fingerprint density at radius 3 is 2.56 bits per heavy atom. The van der Waals surface area contributed by atoms with Gasteiger partial charge in [0, 0.05) is 17.2 Å². The lowest BCUT2D eigenvalue weighted by Gasteiger charge is -2.12.